The van der Waals surface area contributed by atoms with Gasteiger partial charge in [-0.3, -0.25) is 9.59 Å². The summed E-state index contributed by atoms with van der Waals surface area (Å²) in [6, 6.07) is 5.76. The number of hydrogen-bond acceptors (Lipinski definition) is 3. The average Bonchev–Trinajstić information content (AvgIpc) is 2.78. The van der Waals surface area contributed by atoms with Gasteiger partial charge in [0, 0.05) is 6.54 Å². The molecule has 2 aliphatic carbocycles. The molecule has 4 rings (SSSR count). The molecule has 1 saturated heterocycles. The summed E-state index contributed by atoms with van der Waals surface area (Å²) in [6.07, 6.45) is 12.2. The van der Waals surface area contributed by atoms with Crippen LogP contribution in [0.4, 0.5) is 4.39 Å². The van der Waals surface area contributed by atoms with Crippen LogP contribution in [-0.4, -0.2) is 41.4 Å². The fourth-order valence-electron chi connectivity index (χ4n) is 5.10. The number of allylic oxidation sites excluding steroid dienone is 1. The van der Waals surface area contributed by atoms with Crippen molar-refractivity contribution in [3.63, 3.8) is 0 Å². The second-order valence-electron chi connectivity index (χ2n) is 8.75. The number of nitrogens with one attached hydrogen (secondary N) is 1. The van der Waals surface area contributed by atoms with Gasteiger partial charge in [0.1, 0.15) is 18.1 Å². The van der Waals surface area contributed by atoms with E-state index in [1.807, 2.05) is 0 Å². The molecule has 1 atom stereocenters. The fraction of sp³-hybridized carbons (Fsp3) is 0.583. The quantitative estimate of drug-likeness (QED) is 0.539. The Balaban J connectivity index is 1.36. The molecule has 2 amide bonds. The molecule has 0 aromatic heterocycles. The largest absolute Gasteiger partial charge is 0.478 e. The van der Waals surface area contributed by atoms with Gasteiger partial charge in [0.2, 0.25) is 5.91 Å². The maximum Gasteiger partial charge on any atom is 0.267 e. The molecule has 3 aliphatic rings. The van der Waals surface area contributed by atoms with E-state index in [1.54, 1.807) is 17.0 Å². The molecule has 30 heavy (non-hydrogen) atoms. The highest BCUT2D eigenvalue weighted by molar-refractivity contribution is 5.94. The summed E-state index contributed by atoms with van der Waals surface area (Å²) >= 11 is 0. The summed E-state index contributed by atoms with van der Waals surface area (Å²) < 4.78 is 19.2. The Hall–Kier alpha value is -2.37. The van der Waals surface area contributed by atoms with Crippen molar-refractivity contribution < 1.29 is 18.7 Å². The first-order valence-electron chi connectivity index (χ1n) is 11.3. The zero-order valence-corrected chi connectivity index (χ0v) is 17.5. The number of ether oxygens (including phenoxy) is 1. The maximum absolute atomic E-state index is 13.2. The van der Waals surface area contributed by atoms with E-state index in [0.29, 0.717) is 12.3 Å². The van der Waals surface area contributed by atoms with E-state index in [1.165, 1.54) is 30.5 Å². The van der Waals surface area contributed by atoms with Gasteiger partial charge in [-0.1, -0.05) is 30.9 Å². The average molecular weight is 415 g/mol. The second kappa shape index (κ2) is 9.19. The number of rotatable bonds is 7. The molecule has 1 heterocycles. The molecule has 1 aromatic rings. The molecule has 0 bridgehead atoms. The van der Waals surface area contributed by atoms with Crippen LogP contribution in [0.15, 0.2) is 35.9 Å². The predicted octanol–water partition coefficient (Wildman–Crippen LogP) is 4.12. The number of likely N-dealkylation sites (tertiary alicyclic amines) is 1. The van der Waals surface area contributed by atoms with Crippen molar-refractivity contribution in [2.45, 2.75) is 75.9 Å². The second-order valence-corrected chi connectivity index (χ2v) is 8.75. The van der Waals surface area contributed by atoms with Gasteiger partial charge >= 0.3 is 0 Å². The molecular weight excluding hydrogens is 383 g/mol. The van der Waals surface area contributed by atoms with Crippen molar-refractivity contribution in [3.05, 3.63) is 41.7 Å². The van der Waals surface area contributed by atoms with Crippen molar-refractivity contribution in [2.75, 3.05) is 13.1 Å². The zero-order chi connectivity index (χ0) is 21.0. The Bertz CT molecular complexity index is 799. The van der Waals surface area contributed by atoms with Crippen LogP contribution in [0.3, 0.4) is 0 Å². The fourth-order valence-corrected chi connectivity index (χ4v) is 5.10. The summed E-state index contributed by atoms with van der Waals surface area (Å²) in [5.41, 5.74) is 1.01. The van der Waals surface area contributed by atoms with Crippen molar-refractivity contribution in [1.82, 2.24) is 10.2 Å². The van der Waals surface area contributed by atoms with Crippen LogP contribution < -0.4 is 10.1 Å². The van der Waals surface area contributed by atoms with Crippen molar-refractivity contribution >= 4 is 11.8 Å². The molecule has 6 heteroatoms. The minimum atomic E-state index is -0.594. The van der Waals surface area contributed by atoms with Gasteiger partial charge in [0.15, 0.2) is 6.10 Å². The van der Waals surface area contributed by atoms with Gasteiger partial charge in [0.05, 0.1) is 5.54 Å². The lowest BCUT2D eigenvalue weighted by Crippen LogP contribution is -2.77. The Labute approximate surface area is 177 Å². The van der Waals surface area contributed by atoms with Gasteiger partial charge in [0.25, 0.3) is 5.91 Å². The molecule has 1 aromatic carbocycles. The molecule has 5 nitrogen and oxygen atoms in total. The maximum atomic E-state index is 13.2. The van der Waals surface area contributed by atoms with Crippen LogP contribution >= 0.6 is 0 Å². The first kappa shape index (κ1) is 20.9. The number of benzene rings is 1. The lowest BCUT2D eigenvalue weighted by atomic mass is 9.70. The molecule has 2 fully saturated rings. The highest BCUT2D eigenvalue weighted by Crippen LogP contribution is 2.45. The van der Waals surface area contributed by atoms with Crippen LogP contribution in [-0.2, 0) is 9.59 Å². The van der Waals surface area contributed by atoms with E-state index in [9.17, 15) is 14.0 Å². The van der Waals surface area contributed by atoms with Gasteiger partial charge in [-0.25, -0.2) is 4.39 Å². The lowest BCUT2D eigenvalue weighted by Gasteiger charge is -2.58. The van der Waals surface area contributed by atoms with Crippen molar-refractivity contribution in [1.29, 1.82) is 0 Å². The normalized spacial score (nSPS) is 23.0. The number of amides is 2. The third-order valence-electron chi connectivity index (χ3n) is 6.76. The number of β-lactam (4-membered cyclic amide) rings is 1. The predicted molar refractivity (Wildman–Crippen MR) is 113 cm³/mol. The summed E-state index contributed by atoms with van der Waals surface area (Å²) in [4.78, 5) is 27.2. The smallest absolute Gasteiger partial charge is 0.267 e. The summed E-state index contributed by atoms with van der Waals surface area (Å²) in [5, 5.41) is 2.99. The minimum Gasteiger partial charge on any atom is -0.478 e. The van der Waals surface area contributed by atoms with E-state index >= 15 is 0 Å². The van der Waals surface area contributed by atoms with E-state index in [2.05, 4.69) is 11.4 Å². The van der Waals surface area contributed by atoms with Gasteiger partial charge in [-0.2, -0.15) is 0 Å². The van der Waals surface area contributed by atoms with Gasteiger partial charge in [-0.05, 0) is 69.2 Å². The molecule has 1 saturated carbocycles. The van der Waals surface area contributed by atoms with Crippen molar-refractivity contribution in [2.24, 2.45) is 0 Å². The molecule has 1 aliphatic heterocycles. The Morgan fingerprint density at radius 1 is 1.13 bits per heavy atom. The molecule has 0 radical (unpaired) electrons. The zero-order valence-electron chi connectivity index (χ0n) is 17.5. The first-order valence-corrected chi connectivity index (χ1v) is 11.3. The topological polar surface area (TPSA) is 58.6 Å². The summed E-state index contributed by atoms with van der Waals surface area (Å²) in [6.45, 7) is 0.705. The van der Waals surface area contributed by atoms with Gasteiger partial charge < -0.3 is 15.0 Å². The summed E-state index contributed by atoms with van der Waals surface area (Å²) in [7, 11) is 0. The number of halogens is 1. The Morgan fingerprint density at radius 3 is 2.60 bits per heavy atom. The standard InChI is InChI=1S/C24H31FN2O3/c25-19-9-11-20(12-10-19)30-22-23(29)27(24(22)14-5-2-6-15-24)17-21(28)26-16-13-18-7-3-1-4-8-18/h7,9-12,22H,1-6,8,13-17H2,(H,26,28). The number of nitrogens with zero attached hydrogens (tertiary/aromatic N) is 1. The van der Waals surface area contributed by atoms with E-state index in [-0.39, 0.29) is 24.2 Å². The lowest BCUT2D eigenvalue weighted by molar-refractivity contribution is -0.187. The molecule has 1 spiro atoms. The van der Waals surface area contributed by atoms with Crippen molar-refractivity contribution in [3.8, 4) is 5.75 Å². The van der Waals surface area contributed by atoms with Crippen LogP contribution in [0.25, 0.3) is 0 Å². The Kier molecular flexibility index (Phi) is 6.40. The molecule has 1 unspecified atom stereocenters. The number of carbonyl (C=O) groups is 2. The number of hydrogen-bond donors (Lipinski definition) is 1. The Morgan fingerprint density at radius 2 is 1.90 bits per heavy atom. The first-order chi connectivity index (χ1) is 14.6. The highest BCUT2D eigenvalue weighted by Gasteiger charge is 2.62. The third-order valence-corrected chi connectivity index (χ3v) is 6.76. The van der Waals surface area contributed by atoms with E-state index in [4.69, 9.17) is 4.74 Å². The third kappa shape index (κ3) is 4.37. The van der Waals surface area contributed by atoms with E-state index in [0.717, 1.165) is 51.4 Å². The molecule has 162 valence electrons. The van der Waals surface area contributed by atoms with Crippen LogP contribution in [0.5, 0.6) is 5.75 Å². The SMILES string of the molecule is O=C(CN1C(=O)C(Oc2ccc(F)cc2)C12CCCCC2)NCCC1=CCCCC1. The number of carbonyl (C=O) groups excluding carboxylic acids is 2. The van der Waals surface area contributed by atoms with Crippen LogP contribution in [0.1, 0.15) is 64.2 Å². The summed E-state index contributed by atoms with van der Waals surface area (Å²) in [5.74, 6) is -0.0992. The van der Waals surface area contributed by atoms with Gasteiger partial charge in [-0.15, -0.1) is 0 Å². The molecule has 1 N–H and O–H groups in total. The van der Waals surface area contributed by atoms with E-state index < -0.39 is 11.6 Å². The molecular formula is C24H31FN2O3. The van der Waals surface area contributed by atoms with Crippen LogP contribution in [0.2, 0.25) is 0 Å². The minimum absolute atomic E-state index is 0.0845. The van der Waals surface area contributed by atoms with Crippen LogP contribution in [0, 0.1) is 5.82 Å². The highest BCUT2D eigenvalue weighted by atomic mass is 19.1. The monoisotopic (exact) mass is 414 g/mol.